The van der Waals surface area contributed by atoms with Crippen molar-refractivity contribution in [2.45, 2.75) is 12.8 Å². The van der Waals surface area contributed by atoms with Gasteiger partial charge in [-0.1, -0.05) is 18.2 Å². The number of benzene rings is 1. The highest BCUT2D eigenvalue weighted by Crippen LogP contribution is 2.29. The number of para-hydroxylation sites is 1. The summed E-state index contributed by atoms with van der Waals surface area (Å²) in [5.41, 5.74) is 0.729. The fraction of sp³-hybridized carbons (Fsp3) is 0.400. The average Bonchev–Trinajstić information content (AvgIpc) is 3.27. The molecule has 1 aromatic carbocycles. The zero-order valence-corrected chi connectivity index (χ0v) is 17.2. The first-order valence-electron chi connectivity index (χ1n) is 9.42. The molecule has 2 aromatic rings. The molecule has 2 aliphatic rings. The first-order chi connectivity index (χ1) is 13.2. The van der Waals surface area contributed by atoms with Gasteiger partial charge in [0.25, 0.3) is 5.91 Å². The van der Waals surface area contributed by atoms with Crippen LogP contribution in [-0.2, 0) is 0 Å². The fourth-order valence-electron chi connectivity index (χ4n) is 3.89. The number of rotatable bonds is 3. The lowest BCUT2D eigenvalue weighted by Gasteiger charge is -2.20. The van der Waals surface area contributed by atoms with Crippen molar-refractivity contribution >= 4 is 46.4 Å². The van der Waals surface area contributed by atoms with Crippen LogP contribution in [0.1, 0.15) is 22.5 Å². The van der Waals surface area contributed by atoms with Crippen LogP contribution in [-0.4, -0.2) is 43.0 Å². The number of anilines is 2. The van der Waals surface area contributed by atoms with E-state index in [1.165, 1.54) is 11.3 Å². The van der Waals surface area contributed by atoms with Crippen LogP contribution < -0.4 is 16.0 Å². The van der Waals surface area contributed by atoms with Gasteiger partial charge in [-0.25, -0.2) is 4.79 Å². The lowest BCUT2D eigenvalue weighted by atomic mass is 9.92. The fourth-order valence-corrected chi connectivity index (χ4v) is 4.76. The molecule has 3 heterocycles. The minimum atomic E-state index is -0.308. The second-order valence-corrected chi connectivity index (χ2v) is 8.24. The van der Waals surface area contributed by atoms with E-state index >= 15 is 0 Å². The van der Waals surface area contributed by atoms with E-state index in [0.29, 0.717) is 21.7 Å². The van der Waals surface area contributed by atoms with E-state index < -0.39 is 0 Å². The molecule has 2 aliphatic heterocycles. The molecule has 0 bridgehead atoms. The van der Waals surface area contributed by atoms with Crippen molar-refractivity contribution in [2.75, 3.05) is 36.8 Å². The van der Waals surface area contributed by atoms with Gasteiger partial charge in [-0.2, -0.15) is 0 Å². The summed E-state index contributed by atoms with van der Waals surface area (Å²) in [6.45, 7) is 3.79. The first-order valence-corrected chi connectivity index (χ1v) is 10.2. The minimum absolute atomic E-state index is 0. The maximum atomic E-state index is 12.9. The Labute approximate surface area is 175 Å². The maximum Gasteiger partial charge on any atom is 0.324 e. The van der Waals surface area contributed by atoms with Gasteiger partial charge in [0.2, 0.25) is 0 Å². The average molecular weight is 421 g/mol. The number of carbonyl (C=O) groups excluding carboxylic acids is 2. The molecule has 3 amide bonds. The molecule has 0 spiro atoms. The Kier molecular flexibility index (Phi) is 6.93. The van der Waals surface area contributed by atoms with Gasteiger partial charge >= 0.3 is 6.03 Å². The number of thiophene rings is 1. The molecule has 1 aromatic heterocycles. The van der Waals surface area contributed by atoms with Crippen LogP contribution in [0.15, 0.2) is 42.5 Å². The number of hydrogen-bond acceptors (Lipinski definition) is 4. The Hall–Kier alpha value is -2.09. The number of fused-ring (bicyclic) bond motifs is 1. The third-order valence-electron chi connectivity index (χ3n) is 5.39. The van der Waals surface area contributed by atoms with Gasteiger partial charge in [0, 0.05) is 18.8 Å². The molecule has 3 N–H and O–H groups in total. The second kappa shape index (κ2) is 9.41. The third kappa shape index (κ3) is 4.84. The van der Waals surface area contributed by atoms with Crippen LogP contribution in [0.2, 0.25) is 0 Å². The van der Waals surface area contributed by atoms with E-state index in [4.69, 9.17) is 0 Å². The Balaban J connectivity index is 0.00000225. The van der Waals surface area contributed by atoms with Crippen molar-refractivity contribution in [2.24, 2.45) is 11.8 Å². The molecule has 6 nitrogen and oxygen atoms in total. The van der Waals surface area contributed by atoms with E-state index in [2.05, 4.69) is 16.0 Å². The normalized spacial score (nSPS) is 21.2. The van der Waals surface area contributed by atoms with E-state index in [-0.39, 0.29) is 24.3 Å². The lowest BCUT2D eigenvalue weighted by Crippen LogP contribution is -2.32. The largest absolute Gasteiger partial charge is 0.338 e. The number of nitrogens with zero attached hydrogens (tertiary/aromatic N) is 1. The molecule has 150 valence electrons. The van der Waals surface area contributed by atoms with Crippen molar-refractivity contribution in [3.63, 3.8) is 0 Å². The van der Waals surface area contributed by atoms with Crippen molar-refractivity contribution in [1.29, 1.82) is 0 Å². The Bertz CT molecular complexity index is 800. The molecule has 0 saturated carbocycles. The number of urea groups is 1. The van der Waals surface area contributed by atoms with Gasteiger partial charge < -0.3 is 15.5 Å². The maximum absolute atomic E-state index is 12.9. The van der Waals surface area contributed by atoms with Crippen LogP contribution in [0.25, 0.3) is 0 Å². The molecule has 0 radical (unpaired) electrons. The zero-order valence-electron chi connectivity index (χ0n) is 15.5. The smallest absolute Gasteiger partial charge is 0.324 e. The summed E-state index contributed by atoms with van der Waals surface area (Å²) in [5.74, 6) is 1.47. The molecule has 0 unspecified atom stereocenters. The molecule has 2 saturated heterocycles. The number of nitrogens with one attached hydrogen (secondary N) is 3. The van der Waals surface area contributed by atoms with Crippen LogP contribution in [0.4, 0.5) is 15.5 Å². The summed E-state index contributed by atoms with van der Waals surface area (Å²) in [6.07, 6.45) is 2.14. The standard InChI is InChI=1S/C20H24N4O2S.ClH/c25-19(24-10-8-14-12-21-13-15(14)9-11-24)17-6-7-18(27-17)23-20(26)22-16-4-2-1-3-5-16;/h1-7,14-15,21H,8-13H2,(H2,22,23,26);1H/t14-,15+;. The van der Waals surface area contributed by atoms with Gasteiger partial charge in [0.1, 0.15) is 0 Å². The Morgan fingerprint density at radius 1 is 0.964 bits per heavy atom. The topological polar surface area (TPSA) is 73.5 Å². The molecule has 2 fully saturated rings. The number of hydrogen-bond donors (Lipinski definition) is 3. The highest BCUT2D eigenvalue weighted by atomic mass is 35.5. The number of likely N-dealkylation sites (tertiary alicyclic amines) is 1. The summed E-state index contributed by atoms with van der Waals surface area (Å²) in [7, 11) is 0. The quantitative estimate of drug-likeness (QED) is 0.705. The summed E-state index contributed by atoms with van der Waals surface area (Å²) >= 11 is 1.33. The molecule has 28 heavy (non-hydrogen) atoms. The minimum Gasteiger partial charge on any atom is -0.338 e. The van der Waals surface area contributed by atoms with Crippen LogP contribution in [0, 0.1) is 11.8 Å². The van der Waals surface area contributed by atoms with Crippen molar-refractivity contribution in [3.05, 3.63) is 47.3 Å². The number of halogens is 1. The SMILES string of the molecule is Cl.O=C(Nc1ccccc1)Nc1ccc(C(=O)N2CC[C@@H]3CNC[C@@H]3CC2)s1. The van der Waals surface area contributed by atoms with Crippen LogP contribution in [0.3, 0.4) is 0 Å². The third-order valence-corrected chi connectivity index (χ3v) is 6.38. The second-order valence-electron chi connectivity index (χ2n) is 7.16. The summed E-state index contributed by atoms with van der Waals surface area (Å²) in [5, 5.41) is 9.71. The summed E-state index contributed by atoms with van der Waals surface area (Å²) in [4.78, 5) is 27.6. The van der Waals surface area contributed by atoms with E-state index in [1.807, 2.05) is 35.2 Å². The van der Waals surface area contributed by atoms with Gasteiger partial charge in [0.15, 0.2) is 0 Å². The highest BCUT2D eigenvalue weighted by molar-refractivity contribution is 7.18. The van der Waals surface area contributed by atoms with Gasteiger partial charge in [-0.05, 0) is 62.0 Å². The van der Waals surface area contributed by atoms with Gasteiger partial charge in [-0.15, -0.1) is 23.7 Å². The molecule has 0 aliphatic carbocycles. The molecule has 4 rings (SSSR count). The molecule has 8 heteroatoms. The van der Waals surface area contributed by atoms with Crippen molar-refractivity contribution in [3.8, 4) is 0 Å². The Morgan fingerprint density at radius 2 is 1.64 bits per heavy atom. The predicted molar refractivity (Wildman–Crippen MR) is 116 cm³/mol. The molecule has 2 atom stereocenters. The predicted octanol–water partition coefficient (Wildman–Crippen LogP) is 3.89. The summed E-state index contributed by atoms with van der Waals surface area (Å²) in [6, 6.07) is 12.6. The van der Waals surface area contributed by atoms with Crippen molar-refractivity contribution < 1.29 is 9.59 Å². The van der Waals surface area contributed by atoms with Gasteiger partial charge in [0.05, 0.1) is 9.88 Å². The number of amides is 3. The molecular formula is C20H25ClN4O2S. The van der Waals surface area contributed by atoms with E-state index in [1.54, 1.807) is 12.1 Å². The Morgan fingerprint density at radius 3 is 2.32 bits per heavy atom. The van der Waals surface area contributed by atoms with E-state index in [0.717, 1.165) is 44.7 Å². The summed E-state index contributed by atoms with van der Waals surface area (Å²) < 4.78 is 0. The monoisotopic (exact) mass is 420 g/mol. The molecular weight excluding hydrogens is 396 g/mol. The number of carbonyl (C=O) groups is 2. The van der Waals surface area contributed by atoms with Crippen LogP contribution >= 0.6 is 23.7 Å². The highest BCUT2D eigenvalue weighted by Gasteiger charge is 2.32. The van der Waals surface area contributed by atoms with E-state index in [9.17, 15) is 9.59 Å². The van der Waals surface area contributed by atoms with Gasteiger partial charge in [-0.3, -0.25) is 10.1 Å². The van der Waals surface area contributed by atoms with Crippen molar-refractivity contribution in [1.82, 2.24) is 10.2 Å². The first kappa shape index (κ1) is 20.6. The lowest BCUT2D eigenvalue weighted by molar-refractivity contribution is 0.0763. The van der Waals surface area contributed by atoms with Crippen LogP contribution in [0.5, 0.6) is 0 Å². The zero-order chi connectivity index (χ0) is 18.6.